The van der Waals surface area contributed by atoms with Crippen molar-refractivity contribution in [3.05, 3.63) is 24.3 Å². The van der Waals surface area contributed by atoms with Gasteiger partial charge in [-0.05, 0) is 64.2 Å². The lowest BCUT2D eigenvalue weighted by Crippen LogP contribution is -2.30. The number of carbonyl (C=O) groups is 3. The Morgan fingerprint density at radius 1 is 0.297 bits per heavy atom. The largest absolute Gasteiger partial charge is 0.462 e. The molecule has 0 N–H and O–H groups in total. The van der Waals surface area contributed by atoms with E-state index in [2.05, 4.69) is 45.1 Å². The van der Waals surface area contributed by atoms with Crippen molar-refractivity contribution >= 4 is 17.9 Å². The Hall–Kier alpha value is -2.11. The van der Waals surface area contributed by atoms with Crippen molar-refractivity contribution in [1.29, 1.82) is 0 Å². The highest BCUT2D eigenvalue weighted by molar-refractivity contribution is 5.71. The Morgan fingerprint density at radius 2 is 0.531 bits per heavy atom. The van der Waals surface area contributed by atoms with Gasteiger partial charge in [0.15, 0.2) is 6.10 Å². The number of esters is 3. The highest BCUT2D eigenvalue weighted by atomic mass is 16.6. The lowest BCUT2D eigenvalue weighted by molar-refractivity contribution is -0.167. The molecule has 0 aromatic carbocycles. The monoisotopic (exact) mass is 901 g/mol. The minimum atomic E-state index is -0.774. The van der Waals surface area contributed by atoms with Crippen molar-refractivity contribution in [1.82, 2.24) is 0 Å². The third-order valence-electron chi connectivity index (χ3n) is 12.7. The quantitative estimate of drug-likeness (QED) is 0.0262. The molecular weight excluding hydrogens is 793 g/mol. The van der Waals surface area contributed by atoms with E-state index in [9.17, 15) is 14.4 Å². The summed E-state index contributed by atoms with van der Waals surface area (Å²) in [6, 6.07) is 0. The maximum atomic E-state index is 12.8. The average Bonchev–Trinajstić information content (AvgIpc) is 3.29. The SMILES string of the molecule is CCCC/C=C\CCCCCCCC(=O)OCC(COC(=O)CCCCCCCCCCCCCCCCCCCCCCC)OC(=O)CCCCCCC/C=C\CCCCCCC. The average molecular weight is 901 g/mol. The van der Waals surface area contributed by atoms with Gasteiger partial charge < -0.3 is 14.2 Å². The van der Waals surface area contributed by atoms with E-state index in [0.29, 0.717) is 19.3 Å². The van der Waals surface area contributed by atoms with Crippen LogP contribution in [-0.4, -0.2) is 37.2 Å². The molecule has 0 aliphatic rings. The molecule has 0 saturated carbocycles. The lowest BCUT2D eigenvalue weighted by Gasteiger charge is -2.18. The number of carbonyl (C=O) groups excluding carboxylic acids is 3. The molecule has 0 aliphatic heterocycles. The summed E-state index contributed by atoms with van der Waals surface area (Å²) in [5, 5.41) is 0. The molecule has 0 heterocycles. The number of allylic oxidation sites excluding steroid dienone is 4. The van der Waals surface area contributed by atoms with E-state index in [0.717, 1.165) is 70.6 Å². The van der Waals surface area contributed by atoms with E-state index >= 15 is 0 Å². The van der Waals surface area contributed by atoms with Crippen molar-refractivity contribution in [3.63, 3.8) is 0 Å². The van der Waals surface area contributed by atoms with Crippen molar-refractivity contribution in [2.75, 3.05) is 13.2 Å². The van der Waals surface area contributed by atoms with Crippen LogP contribution in [-0.2, 0) is 28.6 Å². The summed E-state index contributed by atoms with van der Waals surface area (Å²) >= 11 is 0. The summed E-state index contributed by atoms with van der Waals surface area (Å²) in [5.41, 5.74) is 0. The molecule has 0 rings (SSSR count). The molecule has 376 valence electrons. The van der Waals surface area contributed by atoms with Crippen LogP contribution in [0.25, 0.3) is 0 Å². The zero-order valence-electron chi connectivity index (χ0n) is 43.1. The standard InChI is InChI=1S/C58H108O6/c1-4-7-10-13-16-19-22-24-26-27-28-29-30-31-32-34-36-39-42-45-48-51-57(60)63-54-55(53-62-56(59)50-47-44-41-38-35-21-18-15-12-9-6-3)64-58(61)52-49-46-43-40-37-33-25-23-20-17-14-11-8-5-2/h15,18,23,25,55H,4-14,16-17,19-22,24,26-54H2,1-3H3/b18-15-,25-23-. The minimum absolute atomic E-state index is 0.0732. The fraction of sp³-hybridized carbons (Fsp3) is 0.879. The molecule has 0 radical (unpaired) electrons. The summed E-state index contributed by atoms with van der Waals surface area (Å²) in [7, 11) is 0. The van der Waals surface area contributed by atoms with Crippen LogP contribution in [0.15, 0.2) is 24.3 Å². The Labute approximate surface area is 398 Å². The molecule has 0 saturated heterocycles. The van der Waals surface area contributed by atoms with Crippen LogP contribution >= 0.6 is 0 Å². The van der Waals surface area contributed by atoms with Crippen LogP contribution in [0.4, 0.5) is 0 Å². The molecule has 1 atom stereocenters. The highest BCUT2D eigenvalue weighted by Crippen LogP contribution is 2.17. The second-order valence-corrected chi connectivity index (χ2v) is 19.2. The maximum absolute atomic E-state index is 12.8. The first-order chi connectivity index (χ1) is 31.5. The molecule has 0 aromatic rings. The predicted octanol–water partition coefficient (Wildman–Crippen LogP) is 18.7. The van der Waals surface area contributed by atoms with Gasteiger partial charge in [-0.25, -0.2) is 0 Å². The van der Waals surface area contributed by atoms with E-state index in [1.165, 1.54) is 199 Å². The second-order valence-electron chi connectivity index (χ2n) is 19.2. The van der Waals surface area contributed by atoms with Crippen LogP contribution in [0.3, 0.4) is 0 Å². The van der Waals surface area contributed by atoms with Gasteiger partial charge >= 0.3 is 17.9 Å². The third kappa shape index (κ3) is 50.9. The van der Waals surface area contributed by atoms with Gasteiger partial charge in [0.2, 0.25) is 0 Å². The smallest absolute Gasteiger partial charge is 0.306 e. The fourth-order valence-electron chi connectivity index (χ4n) is 8.36. The number of hydrogen-bond donors (Lipinski definition) is 0. The van der Waals surface area contributed by atoms with Crippen LogP contribution < -0.4 is 0 Å². The van der Waals surface area contributed by atoms with Crippen LogP contribution in [0.5, 0.6) is 0 Å². The summed E-state index contributed by atoms with van der Waals surface area (Å²) in [4.78, 5) is 38.0. The molecule has 0 fully saturated rings. The van der Waals surface area contributed by atoms with Gasteiger partial charge in [0.05, 0.1) is 0 Å². The first-order valence-electron chi connectivity index (χ1n) is 28.3. The van der Waals surface area contributed by atoms with Gasteiger partial charge in [-0.15, -0.1) is 0 Å². The topological polar surface area (TPSA) is 78.9 Å². The molecule has 0 aliphatic carbocycles. The Morgan fingerprint density at radius 3 is 0.828 bits per heavy atom. The molecular formula is C58H108O6. The maximum Gasteiger partial charge on any atom is 0.306 e. The van der Waals surface area contributed by atoms with Crippen molar-refractivity contribution < 1.29 is 28.6 Å². The predicted molar refractivity (Wildman–Crippen MR) is 275 cm³/mol. The van der Waals surface area contributed by atoms with Crippen LogP contribution in [0.1, 0.15) is 310 Å². The second kappa shape index (κ2) is 53.5. The molecule has 0 spiro atoms. The first kappa shape index (κ1) is 61.9. The molecule has 1 unspecified atom stereocenters. The Bertz CT molecular complexity index is 1040. The molecule has 6 heteroatoms. The van der Waals surface area contributed by atoms with E-state index in [-0.39, 0.29) is 31.1 Å². The molecule has 0 amide bonds. The van der Waals surface area contributed by atoms with Crippen LogP contribution in [0.2, 0.25) is 0 Å². The lowest BCUT2D eigenvalue weighted by atomic mass is 10.0. The molecule has 64 heavy (non-hydrogen) atoms. The van der Waals surface area contributed by atoms with Gasteiger partial charge in [0.25, 0.3) is 0 Å². The van der Waals surface area contributed by atoms with E-state index < -0.39 is 6.10 Å². The number of hydrogen-bond acceptors (Lipinski definition) is 6. The van der Waals surface area contributed by atoms with Gasteiger partial charge in [-0.2, -0.15) is 0 Å². The van der Waals surface area contributed by atoms with Gasteiger partial charge in [0, 0.05) is 19.3 Å². The van der Waals surface area contributed by atoms with Crippen molar-refractivity contribution in [2.45, 2.75) is 316 Å². The van der Waals surface area contributed by atoms with Gasteiger partial charge in [-0.1, -0.05) is 251 Å². The summed E-state index contributed by atoms with van der Waals surface area (Å²) in [5.74, 6) is -0.875. The van der Waals surface area contributed by atoms with E-state index in [4.69, 9.17) is 14.2 Å². The third-order valence-corrected chi connectivity index (χ3v) is 12.7. The Kier molecular flexibility index (Phi) is 51.7. The Balaban J connectivity index is 4.25. The van der Waals surface area contributed by atoms with Crippen molar-refractivity contribution in [2.24, 2.45) is 0 Å². The molecule has 0 bridgehead atoms. The number of unbranched alkanes of at least 4 members (excludes halogenated alkanes) is 37. The number of rotatable bonds is 52. The summed E-state index contributed by atoms with van der Waals surface area (Å²) < 4.78 is 16.8. The summed E-state index contributed by atoms with van der Waals surface area (Å²) in [6.45, 7) is 6.62. The molecule has 0 aromatic heterocycles. The van der Waals surface area contributed by atoms with Crippen LogP contribution in [0, 0.1) is 0 Å². The highest BCUT2D eigenvalue weighted by Gasteiger charge is 2.19. The van der Waals surface area contributed by atoms with Gasteiger partial charge in [0.1, 0.15) is 13.2 Å². The zero-order valence-corrected chi connectivity index (χ0v) is 43.1. The van der Waals surface area contributed by atoms with E-state index in [1.54, 1.807) is 0 Å². The summed E-state index contributed by atoms with van der Waals surface area (Å²) in [6.07, 6.45) is 61.7. The fourth-order valence-corrected chi connectivity index (χ4v) is 8.36. The zero-order chi connectivity index (χ0) is 46.5. The van der Waals surface area contributed by atoms with Crippen molar-refractivity contribution in [3.8, 4) is 0 Å². The first-order valence-corrected chi connectivity index (χ1v) is 28.3. The normalized spacial score (nSPS) is 12.1. The molecule has 6 nitrogen and oxygen atoms in total. The van der Waals surface area contributed by atoms with Gasteiger partial charge in [-0.3, -0.25) is 14.4 Å². The number of ether oxygens (including phenoxy) is 3. The van der Waals surface area contributed by atoms with E-state index in [1.807, 2.05) is 0 Å². The minimum Gasteiger partial charge on any atom is -0.462 e.